The Labute approximate surface area is 69.2 Å². The van der Waals surface area contributed by atoms with Gasteiger partial charge in [-0.05, 0) is 6.07 Å². The molecule has 1 aromatic rings. The molecule has 0 amide bonds. The largest absolute Gasteiger partial charge is 0.494 e. The van der Waals surface area contributed by atoms with Gasteiger partial charge in [-0.25, -0.2) is 0 Å². The van der Waals surface area contributed by atoms with E-state index in [4.69, 9.17) is 0 Å². The first-order valence-electron chi connectivity index (χ1n) is 2.98. The normalized spacial score (nSPS) is 11.2. The maximum atomic E-state index is 12.4. The SMILES string of the molecule is COc1cnccc1S(=O)(=O)F. The van der Waals surface area contributed by atoms with Gasteiger partial charge in [0.25, 0.3) is 0 Å². The fraction of sp³-hybridized carbons (Fsp3) is 0.167. The molecule has 1 aromatic heterocycles. The number of aromatic nitrogens is 1. The van der Waals surface area contributed by atoms with Crippen molar-refractivity contribution in [3.05, 3.63) is 18.5 Å². The maximum Gasteiger partial charge on any atom is 0.335 e. The first-order chi connectivity index (χ1) is 5.55. The average Bonchev–Trinajstić information content (AvgIpc) is 2.03. The van der Waals surface area contributed by atoms with Gasteiger partial charge in [0, 0.05) is 6.20 Å². The van der Waals surface area contributed by atoms with Crippen molar-refractivity contribution in [2.45, 2.75) is 4.90 Å². The number of hydrogen-bond donors (Lipinski definition) is 0. The molecule has 0 saturated carbocycles. The molecule has 6 heteroatoms. The summed E-state index contributed by atoms with van der Waals surface area (Å²) in [6.07, 6.45) is 2.31. The van der Waals surface area contributed by atoms with Crippen molar-refractivity contribution in [3.63, 3.8) is 0 Å². The fourth-order valence-corrected chi connectivity index (χ4v) is 1.32. The fourth-order valence-electron chi connectivity index (χ4n) is 0.722. The van der Waals surface area contributed by atoms with E-state index < -0.39 is 15.1 Å². The van der Waals surface area contributed by atoms with Crippen LogP contribution in [-0.4, -0.2) is 20.5 Å². The zero-order chi connectivity index (χ0) is 9.19. The average molecular weight is 191 g/mol. The van der Waals surface area contributed by atoms with E-state index in [9.17, 15) is 12.3 Å². The third kappa shape index (κ3) is 1.70. The van der Waals surface area contributed by atoms with Gasteiger partial charge in [0.2, 0.25) is 0 Å². The molecule has 0 aliphatic rings. The number of methoxy groups -OCH3 is 1. The van der Waals surface area contributed by atoms with Crippen molar-refractivity contribution in [1.29, 1.82) is 0 Å². The van der Waals surface area contributed by atoms with Gasteiger partial charge in [0.05, 0.1) is 13.3 Å². The zero-order valence-corrected chi connectivity index (χ0v) is 7.01. The third-order valence-corrected chi connectivity index (χ3v) is 2.09. The van der Waals surface area contributed by atoms with Crippen molar-refractivity contribution in [2.75, 3.05) is 7.11 Å². The molecule has 1 rings (SSSR count). The number of rotatable bonds is 2. The lowest BCUT2D eigenvalue weighted by Gasteiger charge is -2.01. The van der Waals surface area contributed by atoms with Gasteiger partial charge in [-0.15, -0.1) is 3.89 Å². The summed E-state index contributed by atoms with van der Waals surface area (Å²) in [6, 6.07) is 1.04. The Hall–Kier alpha value is -1.17. The second kappa shape index (κ2) is 3.06. The Bertz CT molecular complexity index is 376. The van der Waals surface area contributed by atoms with Crippen molar-refractivity contribution < 1.29 is 17.0 Å². The quantitative estimate of drug-likeness (QED) is 0.647. The standard InChI is InChI=1S/C6H6FNO3S/c1-11-5-4-8-3-2-6(5)12(7,9)10/h2-4H,1H3. The molecule has 0 N–H and O–H groups in total. The van der Waals surface area contributed by atoms with Crippen LogP contribution in [-0.2, 0) is 10.2 Å². The highest BCUT2D eigenvalue weighted by molar-refractivity contribution is 7.86. The Balaban J connectivity index is 3.33. The molecule has 1 heterocycles. The van der Waals surface area contributed by atoms with Crippen LogP contribution in [0, 0.1) is 0 Å². The van der Waals surface area contributed by atoms with Gasteiger partial charge in [-0.2, -0.15) is 8.42 Å². The topological polar surface area (TPSA) is 56.3 Å². The van der Waals surface area contributed by atoms with E-state index in [2.05, 4.69) is 9.72 Å². The van der Waals surface area contributed by atoms with Crippen LogP contribution in [0.4, 0.5) is 3.89 Å². The third-order valence-electron chi connectivity index (χ3n) is 1.23. The summed E-state index contributed by atoms with van der Waals surface area (Å²) in [5, 5.41) is 0. The minimum atomic E-state index is -4.71. The summed E-state index contributed by atoms with van der Waals surface area (Å²) in [6.45, 7) is 0. The summed E-state index contributed by atoms with van der Waals surface area (Å²) < 4.78 is 37.9. The number of ether oxygens (including phenoxy) is 1. The van der Waals surface area contributed by atoms with Crippen molar-refractivity contribution in [2.24, 2.45) is 0 Å². The smallest absolute Gasteiger partial charge is 0.335 e. The molecule has 0 aromatic carbocycles. The molecule has 0 atom stereocenters. The van der Waals surface area contributed by atoms with Crippen molar-refractivity contribution in [1.82, 2.24) is 4.98 Å². The van der Waals surface area contributed by atoms with Crippen molar-refractivity contribution in [3.8, 4) is 5.75 Å². The molecule has 0 aliphatic carbocycles. The minimum absolute atomic E-state index is 0.0972. The lowest BCUT2D eigenvalue weighted by atomic mass is 10.5. The lowest BCUT2D eigenvalue weighted by molar-refractivity contribution is 0.399. The van der Waals surface area contributed by atoms with Gasteiger partial charge in [0.15, 0.2) is 5.75 Å². The lowest BCUT2D eigenvalue weighted by Crippen LogP contribution is -1.96. The summed E-state index contributed by atoms with van der Waals surface area (Å²) in [5.74, 6) is -0.0972. The Morgan fingerprint density at radius 3 is 2.67 bits per heavy atom. The van der Waals surface area contributed by atoms with E-state index in [-0.39, 0.29) is 5.75 Å². The predicted molar refractivity (Wildman–Crippen MR) is 39.1 cm³/mol. The molecule has 0 unspecified atom stereocenters. The van der Waals surface area contributed by atoms with Crippen LogP contribution in [0.2, 0.25) is 0 Å². The van der Waals surface area contributed by atoms with E-state index in [1.54, 1.807) is 0 Å². The van der Waals surface area contributed by atoms with Crippen LogP contribution in [0.3, 0.4) is 0 Å². The number of halogens is 1. The van der Waals surface area contributed by atoms with E-state index in [1.807, 2.05) is 0 Å². The molecular weight excluding hydrogens is 185 g/mol. The Morgan fingerprint density at radius 2 is 2.25 bits per heavy atom. The Morgan fingerprint density at radius 1 is 1.58 bits per heavy atom. The number of nitrogens with zero attached hydrogens (tertiary/aromatic N) is 1. The predicted octanol–water partition coefficient (Wildman–Crippen LogP) is 0.748. The van der Waals surface area contributed by atoms with Crippen LogP contribution in [0.5, 0.6) is 5.75 Å². The number of hydrogen-bond acceptors (Lipinski definition) is 4. The maximum absolute atomic E-state index is 12.4. The van der Waals surface area contributed by atoms with Crippen molar-refractivity contribution >= 4 is 10.2 Å². The van der Waals surface area contributed by atoms with Gasteiger partial charge >= 0.3 is 10.2 Å². The van der Waals surface area contributed by atoms with Crippen LogP contribution in [0.25, 0.3) is 0 Å². The monoisotopic (exact) mass is 191 g/mol. The molecule has 0 aliphatic heterocycles. The second-order valence-corrected chi connectivity index (χ2v) is 3.28. The summed E-state index contributed by atoms with van der Waals surface area (Å²) in [4.78, 5) is 3.07. The van der Waals surface area contributed by atoms with E-state index >= 15 is 0 Å². The summed E-state index contributed by atoms with van der Waals surface area (Å²) >= 11 is 0. The van der Waals surface area contributed by atoms with Crippen LogP contribution >= 0.6 is 0 Å². The van der Waals surface area contributed by atoms with Crippen LogP contribution in [0.15, 0.2) is 23.4 Å². The molecule has 0 saturated heterocycles. The van der Waals surface area contributed by atoms with Gasteiger partial charge in [0.1, 0.15) is 4.90 Å². The highest BCUT2D eigenvalue weighted by Gasteiger charge is 2.17. The van der Waals surface area contributed by atoms with E-state index in [1.165, 1.54) is 13.3 Å². The minimum Gasteiger partial charge on any atom is -0.494 e. The second-order valence-electron chi connectivity index (χ2n) is 1.96. The molecule has 0 radical (unpaired) electrons. The molecule has 0 fully saturated rings. The van der Waals surface area contributed by atoms with Crippen LogP contribution in [0.1, 0.15) is 0 Å². The summed E-state index contributed by atoms with van der Waals surface area (Å²) in [7, 11) is -3.47. The molecule has 12 heavy (non-hydrogen) atoms. The van der Waals surface area contributed by atoms with Gasteiger partial charge < -0.3 is 4.74 Å². The van der Waals surface area contributed by atoms with Gasteiger partial charge in [-0.1, -0.05) is 0 Å². The number of pyridine rings is 1. The molecule has 0 bridgehead atoms. The van der Waals surface area contributed by atoms with E-state index in [0.29, 0.717) is 0 Å². The first-order valence-corrected chi connectivity index (χ1v) is 4.36. The van der Waals surface area contributed by atoms with Crippen LogP contribution < -0.4 is 4.74 Å². The Kier molecular flexibility index (Phi) is 2.27. The van der Waals surface area contributed by atoms with E-state index in [0.717, 1.165) is 12.3 Å². The summed E-state index contributed by atoms with van der Waals surface area (Å²) in [5.41, 5.74) is 0. The highest BCUT2D eigenvalue weighted by Crippen LogP contribution is 2.22. The highest BCUT2D eigenvalue weighted by atomic mass is 32.3. The molecule has 4 nitrogen and oxygen atoms in total. The molecule has 0 spiro atoms. The molecule has 66 valence electrons. The van der Waals surface area contributed by atoms with Gasteiger partial charge in [-0.3, -0.25) is 4.98 Å². The first kappa shape index (κ1) is 8.92. The zero-order valence-electron chi connectivity index (χ0n) is 6.19. The molecular formula is C6H6FNO3S.